The van der Waals surface area contributed by atoms with Crippen LogP contribution in [0, 0.1) is 0 Å². The minimum absolute atomic E-state index is 0.0954. The Kier molecular flexibility index (Phi) is 6.47. The molecule has 1 amide bonds. The van der Waals surface area contributed by atoms with Gasteiger partial charge in [0.2, 0.25) is 0 Å². The largest absolute Gasteiger partial charge is 0.460 e. The zero-order valence-electron chi connectivity index (χ0n) is 14.6. The second-order valence-corrected chi connectivity index (χ2v) is 8.01. The van der Waals surface area contributed by atoms with Crippen molar-refractivity contribution in [2.24, 2.45) is 0 Å². The van der Waals surface area contributed by atoms with Gasteiger partial charge in [-0.05, 0) is 26.3 Å². The van der Waals surface area contributed by atoms with E-state index < -0.39 is 23.7 Å². The van der Waals surface area contributed by atoms with Gasteiger partial charge in [-0.25, -0.2) is 4.79 Å². The molecule has 136 valence electrons. The van der Waals surface area contributed by atoms with Crippen molar-refractivity contribution < 1.29 is 23.9 Å². The van der Waals surface area contributed by atoms with Crippen LogP contribution in [0.5, 0.6) is 0 Å². The third-order valence-electron chi connectivity index (χ3n) is 3.29. The number of nitrogens with one attached hydrogen (secondary N) is 1. The van der Waals surface area contributed by atoms with Gasteiger partial charge in [-0.2, -0.15) is 0 Å². The molecule has 7 heteroatoms. The molecular weight excluding hydrogens is 342 g/mol. The summed E-state index contributed by atoms with van der Waals surface area (Å²) in [6.07, 6.45) is -0.926. The van der Waals surface area contributed by atoms with E-state index in [4.69, 9.17) is 9.47 Å². The van der Waals surface area contributed by atoms with E-state index in [0.29, 0.717) is 5.75 Å². The fourth-order valence-corrected chi connectivity index (χ4v) is 2.71. The molecule has 0 saturated carbocycles. The van der Waals surface area contributed by atoms with Gasteiger partial charge in [0.1, 0.15) is 18.2 Å². The summed E-state index contributed by atoms with van der Waals surface area (Å²) >= 11 is 1.49. The maximum Gasteiger partial charge on any atom is 0.408 e. The molecule has 1 unspecified atom stereocenters. The first-order valence-electron chi connectivity index (χ1n) is 8.09. The highest BCUT2D eigenvalue weighted by Gasteiger charge is 2.38. The normalized spacial score (nSPS) is 17.3. The summed E-state index contributed by atoms with van der Waals surface area (Å²) in [6, 6.07) is 8.28. The number of rotatable bonds is 7. The Hall–Kier alpha value is -2.02. The molecule has 0 aliphatic carbocycles. The molecule has 1 aliphatic heterocycles. The van der Waals surface area contributed by atoms with Crippen molar-refractivity contribution in [1.29, 1.82) is 0 Å². The Bertz CT molecular complexity index is 622. The third kappa shape index (κ3) is 7.17. The molecule has 6 nitrogen and oxygen atoms in total. The molecule has 2 atom stereocenters. The minimum Gasteiger partial charge on any atom is -0.460 e. The van der Waals surface area contributed by atoms with Gasteiger partial charge in [0.15, 0.2) is 5.78 Å². The Morgan fingerprint density at radius 3 is 2.44 bits per heavy atom. The van der Waals surface area contributed by atoms with Crippen LogP contribution in [0.15, 0.2) is 30.3 Å². The van der Waals surface area contributed by atoms with Crippen LogP contribution >= 0.6 is 11.8 Å². The van der Waals surface area contributed by atoms with Crippen molar-refractivity contribution in [1.82, 2.24) is 5.32 Å². The molecule has 1 fully saturated rings. The van der Waals surface area contributed by atoms with E-state index in [1.807, 2.05) is 30.3 Å². The summed E-state index contributed by atoms with van der Waals surface area (Å²) in [5.41, 5.74) is 0.192. The molecule has 0 radical (unpaired) electrons. The van der Waals surface area contributed by atoms with Gasteiger partial charge in [-0.15, -0.1) is 11.8 Å². The van der Waals surface area contributed by atoms with E-state index in [1.54, 1.807) is 20.8 Å². The van der Waals surface area contributed by atoms with E-state index in [2.05, 4.69) is 5.32 Å². The monoisotopic (exact) mass is 365 g/mol. The molecule has 2 rings (SSSR count). The summed E-state index contributed by atoms with van der Waals surface area (Å²) in [7, 11) is 0. The summed E-state index contributed by atoms with van der Waals surface area (Å²) in [5, 5.41) is 2.34. The lowest BCUT2D eigenvalue weighted by Crippen LogP contribution is -2.45. The summed E-state index contributed by atoms with van der Waals surface area (Å²) in [4.78, 5) is 36.3. The molecule has 0 spiro atoms. The average molecular weight is 365 g/mol. The fraction of sp³-hybridized carbons (Fsp3) is 0.500. The standard InChI is InChI=1S/C18H23NO5S/c1-18(2,3)24-15(20)9-13(16(21)14-11-25-14)19-17(22)23-10-12-7-5-4-6-8-12/h4-8,13-14H,9-11H2,1-3H3,(H,19,22)/t13-,14?/m0/s1. The lowest BCUT2D eigenvalue weighted by atomic mass is 10.1. The number of hydrogen-bond donors (Lipinski definition) is 1. The van der Waals surface area contributed by atoms with Crippen molar-refractivity contribution in [3.05, 3.63) is 35.9 Å². The van der Waals surface area contributed by atoms with Crippen molar-refractivity contribution in [3.63, 3.8) is 0 Å². The number of carbonyl (C=O) groups is 3. The van der Waals surface area contributed by atoms with E-state index in [-0.39, 0.29) is 24.1 Å². The van der Waals surface area contributed by atoms with E-state index in [0.717, 1.165) is 5.56 Å². The molecule has 25 heavy (non-hydrogen) atoms. The van der Waals surface area contributed by atoms with Crippen molar-refractivity contribution in [2.45, 2.75) is 50.7 Å². The van der Waals surface area contributed by atoms with Crippen LogP contribution in [-0.2, 0) is 25.7 Å². The van der Waals surface area contributed by atoms with E-state index in [1.165, 1.54) is 11.8 Å². The zero-order valence-corrected chi connectivity index (χ0v) is 15.4. The molecule has 1 aromatic rings. The van der Waals surface area contributed by atoms with Crippen LogP contribution < -0.4 is 5.32 Å². The van der Waals surface area contributed by atoms with Crippen LogP contribution in [0.2, 0.25) is 0 Å². The quantitative estimate of drug-likeness (QED) is 0.591. The van der Waals surface area contributed by atoms with E-state index >= 15 is 0 Å². The highest BCUT2D eigenvalue weighted by molar-refractivity contribution is 8.07. The molecular formula is C18H23NO5S. The highest BCUT2D eigenvalue weighted by atomic mass is 32.2. The third-order valence-corrected chi connectivity index (χ3v) is 4.19. The average Bonchev–Trinajstić information content (AvgIpc) is 3.35. The molecule has 1 N–H and O–H groups in total. The first-order chi connectivity index (χ1) is 11.7. The van der Waals surface area contributed by atoms with Gasteiger partial charge < -0.3 is 14.8 Å². The maximum absolute atomic E-state index is 12.3. The second kappa shape index (κ2) is 8.38. The smallest absolute Gasteiger partial charge is 0.408 e. The number of thioether (sulfide) groups is 1. The van der Waals surface area contributed by atoms with Crippen molar-refractivity contribution >= 4 is 29.6 Å². The van der Waals surface area contributed by atoms with Crippen LogP contribution in [0.4, 0.5) is 4.79 Å². The molecule has 1 saturated heterocycles. The summed E-state index contributed by atoms with van der Waals surface area (Å²) in [5.74, 6) is 0.0112. The summed E-state index contributed by atoms with van der Waals surface area (Å²) in [6.45, 7) is 5.35. The first-order valence-corrected chi connectivity index (χ1v) is 9.14. The number of ketones is 1. The number of esters is 1. The van der Waals surface area contributed by atoms with Crippen LogP contribution in [0.3, 0.4) is 0 Å². The van der Waals surface area contributed by atoms with Crippen molar-refractivity contribution in [3.8, 4) is 0 Å². The molecule has 0 aromatic heterocycles. The van der Waals surface area contributed by atoms with Crippen LogP contribution in [0.25, 0.3) is 0 Å². The van der Waals surface area contributed by atoms with Gasteiger partial charge >= 0.3 is 12.1 Å². The highest BCUT2D eigenvalue weighted by Crippen LogP contribution is 2.32. The number of amides is 1. The first kappa shape index (κ1) is 19.3. The number of alkyl carbamates (subject to hydrolysis) is 1. The molecule has 1 aromatic carbocycles. The van der Waals surface area contributed by atoms with E-state index in [9.17, 15) is 14.4 Å². The Labute approximate surface area is 151 Å². The molecule has 1 aliphatic rings. The zero-order chi connectivity index (χ0) is 18.4. The molecule has 0 bridgehead atoms. The molecule has 1 heterocycles. The van der Waals surface area contributed by atoms with Crippen LogP contribution in [-0.4, -0.2) is 40.5 Å². The Balaban J connectivity index is 1.90. The number of benzene rings is 1. The predicted octanol–water partition coefficient (Wildman–Crippen LogP) is 2.70. The number of hydrogen-bond acceptors (Lipinski definition) is 6. The van der Waals surface area contributed by atoms with Gasteiger partial charge in [-0.1, -0.05) is 30.3 Å². The lowest BCUT2D eigenvalue weighted by molar-refractivity contribution is -0.156. The maximum atomic E-state index is 12.3. The van der Waals surface area contributed by atoms with Gasteiger partial charge in [0, 0.05) is 5.75 Å². The lowest BCUT2D eigenvalue weighted by Gasteiger charge is -2.22. The minimum atomic E-state index is -0.932. The van der Waals surface area contributed by atoms with Crippen LogP contribution in [0.1, 0.15) is 32.8 Å². The SMILES string of the molecule is CC(C)(C)OC(=O)C[C@H](NC(=O)OCc1ccccc1)C(=O)C1CS1. The summed E-state index contributed by atoms with van der Waals surface area (Å²) < 4.78 is 10.4. The van der Waals surface area contributed by atoms with Gasteiger partial charge in [-0.3, -0.25) is 9.59 Å². The second-order valence-electron chi connectivity index (χ2n) is 6.77. The Morgan fingerprint density at radius 2 is 1.88 bits per heavy atom. The number of carbonyl (C=O) groups excluding carboxylic acids is 3. The number of ether oxygens (including phenoxy) is 2. The Morgan fingerprint density at radius 1 is 1.24 bits per heavy atom. The fourth-order valence-electron chi connectivity index (χ4n) is 2.12. The predicted molar refractivity (Wildman–Crippen MR) is 95.3 cm³/mol. The number of Topliss-reactive ketones (excluding diaryl/α,β-unsaturated/α-hetero) is 1. The topological polar surface area (TPSA) is 81.7 Å². The van der Waals surface area contributed by atoms with Gasteiger partial charge in [0.25, 0.3) is 0 Å². The van der Waals surface area contributed by atoms with Crippen molar-refractivity contribution in [2.75, 3.05) is 5.75 Å². The van der Waals surface area contributed by atoms with Gasteiger partial charge in [0.05, 0.1) is 11.7 Å².